The fraction of sp³-hybridized carbons (Fsp3) is 0. The summed E-state index contributed by atoms with van der Waals surface area (Å²) in [6, 6.07) is 36.6. The maximum atomic E-state index is 3.59. The van der Waals surface area contributed by atoms with Crippen molar-refractivity contribution >= 4 is 59.1 Å². The Hall–Kier alpha value is -1.98. The lowest BCUT2D eigenvalue weighted by atomic mass is 9.91. The van der Waals surface area contributed by atoms with Gasteiger partial charge in [0.15, 0.2) is 0 Å². The molecule has 4 aromatic carbocycles. The number of hydrogen-bond donors (Lipinski definition) is 0. The van der Waals surface area contributed by atoms with E-state index in [4.69, 9.17) is 0 Å². The van der Waals surface area contributed by atoms with Crippen LogP contribution in [-0.4, -0.2) is 0 Å². The van der Waals surface area contributed by atoms with E-state index in [-0.39, 0.29) is 0 Å². The molecular formula is C28H17Br3S. The zero-order valence-electron chi connectivity index (χ0n) is 16.9. The molecule has 0 aliphatic heterocycles. The second kappa shape index (κ2) is 9.48. The van der Waals surface area contributed by atoms with Gasteiger partial charge < -0.3 is 0 Å². The molecule has 4 heteroatoms. The molecule has 0 bridgehead atoms. The minimum Gasteiger partial charge on any atom is -0.134 e. The number of hydrogen-bond acceptors (Lipinski definition) is 1. The zero-order valence-corrected chi connectivity index (χ0v) is 22.4. The van der Waals surface area contributed by atoms with Gasteiger partial charge in [-0.15, -0.1) is 11.3 Å². The summed E-state index contributed by atoms with van der Waals surface area (Å²) in [5, 5.41) is 0. The van der Waals surface area contributed by atoms with Crippen LogP contribution in [0.2, 0.25) is 0 Å². The van der Waals surface area contributed by atoms with Crippen molar-refractivity contribution in [3.63, 3.8) is 0 Å². The standard InChI is InChI=1S/C28H17Br3S/c29-22-12-6-19(7-13-22)26-25(18-4-2-1-3-5-18)27(20-8-14-23(30)15-9-20)32-28(26)21-10-16-24(31)17-11-21/h1-17H. The van der Waals surface area contributed by atoms with Crippen LogP contribution in [0.4, 0.5) is 0 Å². The molecule has 0 amide bonds. The van der Waals surface area contributed by atoms with E-state index in [1.54, 1.807) is 0 Å². The average Bonchev–Trinajstić information content (AvgIpc) is 3.22. The number of rotatable bonds is 4. The number of halogens is 3. The van der Waals surface area contributed by atoms with Crippen LogP contribution in [0, 0.1) is 0 Å². The molecule has 0 N–H and O–H groups in total. The molecule has 32 heavy (non-hydrogen) atoms. The van der Waals surface area contributed by atoms with E-state index < -0.39 is 0 Å². The molecule has 5 aromatic rings. The molecule has 0 aliphatic rings. The molecule has 0 saturated carbocycles. The van der Waals surface area contributed by atoms with Crippen LogP contribution in [0.15, 0.2) is 117 Å². The smallest absolute Gasteiger partial charge is 0.0434 e. The summed E-state index contributed by atoms with van der Waals surface area (Å²) < 4.78 is 3.25. The van der Waals surface area contributed by atoms with E-state index in [1.165, 1.54) is 43.1 Å². The van der Waals surface area contributed by atoms with Crippen molar-refractivity contribution in [2.24, 2.45) is 0 Å². The molecule has 5 rings (SSSR count). The van der Waals surface area contributed by atoms with Crippen LogP contribution in [0.25, 0.3) is 43.1 Å². The SMILES string of the molecule is Brc1ccc(-c2sc(-c3ccc(Br)cc3)c(-c3ccc(Br)cc3)c2-c2ccccc2)cc1. The van der Waals surface area contributed by atoms with E-state index >= 15 is 0 Å². The van der Waals surface area contributed by atoms with Crippen molar-refractivity contribution in [3.05, 3.63) is 117 Å². The summed E-state index contributed by atoms with van der Waals surface area (Å²) in [5.74, 6) is 0. The minimum atomic E-state index is 1.08. The molecule has 0 spiro atoms. The van der Waals surface area contributed by atoms with Gasteiger partial charge in [0.25, 0.3) is 0 Å². The van der Waals surface area contributed by atoms with Crippen molar-refractivity contribution in [1.82, 2.24) is 0 Å². The third-order valence-electron chi connectivity index (χ3n) is 5.32. The quantitative estimate of drug-likeness (QED) is 0.187. The van der Waals surface area contributed by atoms with Gasteiger partial charge >= 0.3 is 0 Å². The average molecular weight is 625 g/mol. The van der Waals surface area contributed by atoms with Crippen LogP contribution < -0.4 is 0 Å². The molecule has 0 nitrogen and oxygen atoms in total. The van der Waals surface area contributed by atoms with Crippen LogP contribution in [0.1, 0.15) is 0 Å². The van der Waals surface area contributed by atoms with Gasteiger partial charge in [-0.2, -0.15) is 0 Å². The highest BCUT2D eigenvalue weighted by atomic mass is 79.9. The third-order valence-corrected chi connectivity index (χ3v) is 8.19. The first kappa shape index (κ1) is 21.8. The molecule has 0 radical (unpaired) electrons. The topological polar surface area (TPSA) is 0 Å². The first-order valence-electron chi connectivity index (χ1n) is 10.1. The Morgan fingerprint density at radius 1 is 0.375 bits per heavy atom. The largest absolute Gasteiger partial charge is 0.134 e. The predicted octanol–water partition coefficient (Wildman–Crippen LogP) is 10.7. The fourth-order valence-electron chi connectivity index (χ4n) is 3.81. The third kappa shape index (κ3) is 4.42. The monoisotopic (exact) mass is 622 g/mol. The molecule has 156 valence electrons. The Morgan fingerprint density at radius 3 is 1.12 bits per heavy atom. The Labute approximate surface area is 217 Å². The van der Waals surface area contributed by atoms with E-state index in [9.17, 15) is 0 Å². The van der Waals surface area contributed by atoms with Crippen molar-refractivity contribution < 1.29 is 0 Å². The summed E-state index contributed by atoms with van der Waals surface area (Å²) in [7, 11) is 0. The Kier molecular flexibility index (Phi) is 6.47. The Bertz CT molecular complexity index is 1350. The van der Waals surface area contributed by atoms with Gasteiger partial charge in [-0.1, -0.05) is 115 Å². The van der Waals surface area contributed by atoms with Crippen LogP contribution in [0.3, 0.4) is 0 Å². The van der Waals surface area contributed by atoms with Crippen LogP contribution in [0.5, 0.6) is 0 Å². The summed E-state index contributed by atoms with van der Waals surface area (Å²) in [5.41, 5.74) is 7.43. The van der Waals surface area contributed by atoms with E-state index in [1.807, 2.05) is 11.3 Å². The molecule has 0 fully saturated rings. The second-order valence-electron chi connectivity index (χ2n) is 7.40. The first-order valence-corrected chi connectivity index (χ1v) is 13.3. The van der Waals surface area contributed by atoms with Gasteiger partial charge in [0.1, 0.15) is 0 Å². The molecule has 1 aromatic heterocycles. The molecule has 0 unspecified atom stereocenters. The highest BCUT2D eigenvalue weighted by Gasteiger charge is 2.23. The zero-order chi connectivity index (χ0) is 22.1. The molecule has 0 saturated heterocycles. The van der Waals surface area contributed by atoms with E-state index in [0.717, 1.165) is 13.4 Å². The summed E-state index contributed by atoms with van der Waals surface area (Å²) >= 11 is 12.6. The van der Waals surface area contributed by atoms with Gasteiger partial charge in [-0.25, -0.2) is 0 Å². The lowest BCUT2D eigenvalue weighted by Gasteiger charge is -2.11. The summed E-state index contributed by atoms with van der Waals surface area (Å²) in [6.45, 7) is 0. The van der Waals surface area contributed by atoms with Gasteiger partial charge in [-0.05, 0) is 58.7 Å². The lowest BCUT2D eigenvalue weighted by Crippen LogP contribution is -1.86. The van der Waals surface area contributed by atoms with Crippen LogP contribution in [-0.2, 0) is 0 Å². The van der Waals surface area contributed by atoms with Crippen molar-refractivity contribution in [2.45, 2.75) is 0 Å². The van der Waals surface area contributed by atoms with Gasteiger partial charge in [0.05, 0.1) is 0 Å². The fourth-order valence-corrected chi connectivity index (χ4v) is 5.96. The normalized spacial score (nSPS) is 11.0. The summed E-state index contributed by atoms with van der Waals surface area (Å²) in [4.78, 5) is 2.55. The first-order chi connectivity index (χ1) is 15.6. The second-order valence-corrected chi connectivity index (χ2v) is 11.2. The molecular weight excluding hydrogens is 608 g/mol. The van der Waals surface area contributed by atoms with Crippen molar-refractivity contribution in [2.75, 3.05) is 0 Å². The maximum Gasteiger partial charge on any atom is 0.0434 e. The Balaban J connectivity index is 1.86. The maximum absolute atomic E-state index is 3.59. The molecule has 0 aliphatic carbocycles. The predicted molar refractivity (Wildman–Crippen MR) is 149 cm³/mol. The molecule has 1 heterocycles. The highest BCUT2D eigenvalue weighted by Crippen LogP contribution is 2.52. The lowest BCUT2D eigenvalue weighted by molar-refractivity contribution is 1.59. The minimum absolute atomic E-state index is 1.08. The number of benzene rings is 4. The van der Waals surface area contributed by atoms with Gasteiger partial charge in [0.2, 0.25) is 0 Å². The van der Waals surface area contributed by atoms with E-state index in [0.29, 0.717) is 0 Å². The van der Waals surface area contributed by atoms with Gasteiger partial charge in [-0.3, -0.25) is 0 Å². The van der Waals surface area contributed by atoms with Crippen molar-refractivity contribution in [1.29, 1.82) is 0 Å². The highest BCUT2D eigenvalue weighted by molar-refractivity contribution is 9.11. The Morgan fingerprint density at radius 2 is 0.719 bits per heavy atom. The van der Waals surface area contributed by atoms with Gasteiger partial charge in [0, 0.05) is 34.3 Å². The van der Waals surface area contributed by atoms with Crippen LogP contribution >= 0.6 is 59.1 Å². The van der Waals surface area contributed by atoms with E-state index in [2.05, 4.69) is 151 Å². The number of thiophene rings is 1. The molecule has 0 atom stereocenters. The summed E-state index contributed by atoms with van der Waals surface area (Å²) in [6.07, 6.45) is 0. The van der Waals surface area contributed by atoms with Crippen molar-refractivity contribution in [3.8, 4) is 43.1 Å².